The van der Waals surface area contributed by atoms with Gasteiger partial charge in [0.2, 0.25) is 5.91 Å². The van der Waals surface area contributed by atoms with Gasteiger partial charge in [0.05, 0.1) is 24.5 Å². The van der Waals surface area contributed by atoms with Crippen LogP contribution in [0.1, 0.15) is 22.8 Å². The highest BCUT2D eigenvalue weighted by Crippen LogP contribution is 2.15. The van der Waals surface area contributed by atoms with Gasteiger partial charge < -0.3 is 20.1 Å². The molecule has 0 heterocycles. The average molecular weight is 370 g/mol. The lowest BCUT2D eigenvalue weighted by molar-refractivity contribution is -0.121. The molecule has 2 aromatic rings. The van der Waals surface area contributed by atoms with Gasteiger partial charge in [-0.2, -0.15) is 0 Å². The van der Waals surface area contributed by atoms with Crippen molar-refractivity contribution in [1.29, 1.82) is 0 Å². The summed E-state index contributed by atoms with van der Waals surface area (Å²) in [7, 11) is 0. The smallest absolute Gasteiger partial charge is 0.253 e. The second-order valence-corrected chi connectivity index (χ2v) is 5.83. The number of benzene rings is 2. The molecule has 0 saturated heterocycles. The molecule has 0 saturated carbocycles. The van der Waals surface area contributed by atoms with Crippen LogP contribution >= 0.6 is 0 Å². The van der Waals surface area contributed by atoms with Crippen molar-refractivity contribution in [2.45, 2.75) is 13.3 Å². The fourth-order valence-corrected chi connectivity index (χ4v) is 2.46. The molecule has 144 valence electrons. The normalized spacial score (nSPS) is 10.4. The van der Waals surface area contributed by atoms with E-state index in [0.29, 0.717) is 37.6 Å². The Hall–Kier alpha value is -2.70. The third-order valence-corrected chi connectivity index (χ3v) is 3.80. The second-order valence-electron chi connectivity index (χ2n) is 5.83. The Balaban J connectivity index is 1.82. The van der Waals surface area contributed by atoms with E-state index in [9.17, 15) is 9.59 Å². The van der Waals surface area contributed by atoms with E-state index >= 15 is 0 Å². The molecule has 2 amide bonds. The first-order chi connectivity index (χ1) is 13.2. The maximum atomic E-state index is 12.5. The molecule has 0 aliphatic carbocycles. The lowest BCUT2D eigenvalue weighted by Gasteiger charge is -2.12. The molecule has 0 aliphatic rings. The van der Waals surface area contributed by atoms with Crippen LogP contribution in [-0.2, 0) is 20.7 Å². The summed E-state index contributed by atoms with van der Waals surface area (Å²) in [5.41, 5.74) is 2.05. The Morgan fingerprint density at radius 2 is 1.63 bits per heavy atom. The third-order valence-electron chi connectivity index (χ3n) is 3.80. The van der Waals surface area contributed by atoms with Crippen molar-refractivity contribution < 1.29 is 19.1 Å². The number of rotatable bonds is 11. The minimum atomic E-state index is -0.309. The molecule has 0 atom stereocenters. The summed E-state index contributed by atoms with van der Waals surface area (Å²) < 4.78 is 10.4. The first kappa shape index (κ1) is 20.6. The van der Waals surface area contributed by atoms with E-state index in [1.807, 2.05) is 37.3 Å². The van der Waals surface area contributed by atoms with Crippen LogP contribution in [0.3, 0.4) is 0 Å². The predicted octanol–water partition coefficient (Wildman–Crippen LogP) is 2.65. The van der Waals surface area contributed by atoms with Gasteiger partial charge in [0.1, 0.15) is 6.61 Å². The molecule has 0 aliphatic heterocycles. The van der Waals surface area contributed by atoms with Gasteiger partial charge in [-0.1, -0.05) is 42.5 Å². The van der Waals surface area contributed by atoms with Crippen molar-refractivity contribution in [3.63, 3.8) is 0 Å². The molecule has 0 bridgehead atoms. The van der Waals surface area contributed by atoms with E-state index in [0.717, 1.165) is 12.0 Å². The Morgan fingerprint density at radius 3 is 2.41 bits per heavy atom. The van der Waals surface area contributed by atoms with Crippen molar-refractivity contribution in [3.8, 4) is 0 Å². The number of hydrogen-bond acceptors (Lipinski definition) is 4. The molecule has 2 N–H and O–H groups in total. The first-order valence-corrected chi connectivity index (χ1v) is 9.07. The van der Waals surface area contributed by atoms with Crippen LogP contribution in [0.25, 0.3) is 0 Å². The van der Waals surface area contributed by atoms with E-state index in [2.05, 4.69) is 10.6 Å². The fourth-order valence-electron chi connectivity index (χ4n) is 2.46. The van der Waals surface area contributed by atoms with E-state index in [-0.39, 0.29) is 18.4 Å². The fraction of sp³-hybridized carbons (Fsp3) is 0.333. The molecule has 6 heteroatoms. The molecule has 0 spiro atoms. The minimum Gasteiger partial charge on any atom is -0.379 e. The summed E-state index contributed by atoms with van der Waals surface area (Å²) in [6.07, 6.45) is 0.745. The van der Waals surface area contributed by atoms with Gasteiger partial charge >= 0.3 is 0 Å². The van der Waals surface area contributed by atoms with Crippen LogP contribution in [0.2, 0.25) is 0 Å². The van der Waals surface area contributed by atoms with Crippen LogP contribution in [-0.4, -0.2) is 44.8 Å². The first-order valence-electron chi connectivity index (χ1n) is 9.07. The van der Waals surface area contributed by atoms with Gasteiger partial charge in [-0.15, -0.1) is 0 Å². The van der Waals surface area contributed by atoms with Crippen molar-refractivity contribution >= 4 is 17.5 Å². The summed E-state index contributed by atoms with van der Waals surface area (Å²) in [5.74, 6) is -0.532. The average Bonchev–Trinajstić information content (AvgIpc) is 2.69. The zero-order chi connectivity index (χ0) is 19.3. The van der Waals surface area contributed by atoms with Gasteiger partial charge in [-0.05, 0) is 31.0 Å². The molecule has 2 aromatic carbocycles. The van der Waals surface area contributed by atoms with Crippen molar-refractivity contribution in [2.24, 2.45) is 0 Å². The summed E-state index contributed by atoms with van der Waals surface area (Å²) in [5, 5.41) is 5.61. The van der Waals surface area contributed by atoms with Crippen LogP contribution in [0.4, 0.5) is 5.69 Å². The molecule has 0 fully saturated rings. The highest BCUT2D eigenvalue weighted by molar-refractivity contribution is 6.03. The molecule has 0 aromatic heterocycles. The minimum absolute atomic E-state index is 0.0863. The van der Waals surface area contributed by atoms with Crippen molar-refractivity contribution in [3.05, 3.63) is 65.7 Å². The van der Waals surface area contributed by atoms with Crippen LogP contribution in [0, 0.1) is 0 Å². The largest absolute Gasteiger partial charge is 0.379 e. The highest BCUT2D eigenvalue weighted by Gasteiger charge is 2.12. The number of carbonyl (C=O) groups excluding carboxylic acids is 2. The molecular formula is C21H26N2O4. The predicted molar refractivity (Wildman–Crippen MR) is 105 cm³/mol. The van der Waals surface area contributed by atoms with E-state index < -0.39 is 0 Å². The Kier molecular flexibility index (Phi) is 9.03. The maximum absolute atomic E-state index is 12.5. The number of nitrogens with one attached hydrogen (secondary N) is 2. The zero-order valence-corrected chi connectivity index (χ0v) is 15.6. The van der Waals surface area contributed by atoms with Crippen molar-refractivity contribution in [1.82, 2.24) is 5.32 Å². The molecule has 0 radical (unpaired) electrons. The lowest BCUT2D eigenvalue weighted by Crippen LogP contribution is -2.28. The number of anilines is 1. The van der Waals surface area contributed by atoms with Gasteiger partial charge in [-0.3, -0.25) is 9.59 Å². The molecular weight excluding hydrogens is 344 g/mol. The Morgan fingerprint density at radius 1 is 0.926 bits per heavy atom. The summed E-state index contributed by atoms with van der Waals surface area (Å²) in [4.78, 5) is 24.5. The van der Waals surface area contributed by atoms with Gasteiger partial charge in [0, 0.05) is 13.2 Å². The topological polar surface area (TPSA) is 76.7 Å². The quantitative estimate of drug-likeness (QED) is 0.596. The lowest BCUT2D eigenvalue weighted by atomic mass is 10.1. The number of ether oxygens (including phenoxy) is 2. The summed E-state index contributed by atoms with van der Waals surface area (Å²) >= 11 is 0. The van der Waals surface area contributed by atoms with Crippen molar-refractivity contribution in [2.75, 3.05) is 38.3 Å². The molecule has 6 nitrogen and oxygen atoms in total. The van der Waals surface area contributed by atoms with Crippen LogP contribution < -0.4 is 10.6 Å². The molecule has 2 rings (SSSR count). The summed E-state index contributed by atoms with van der Waals surface area (Å²) in [6, 6.07) is 16.9. The Labute approximate surface area is 159 Å². The SMILES string of the molecule is CCOCCOCC(=O)Nc1ccccc1C(=O)NCCc1ccccc1. The highest BCUT2D eigenvalue weighted by atomic mass is 16.5. The standard InChI is InChI=1S/C21H26N2O4/c1-2-26-14-15-27-16-20(24)23-19-11-7-6-10-18(19)21(25)22-13-12-17-8-4-3-5-9-17/h3-11H,2,12-16H2,1H3,(H,22,25)(H,23,24). The van der Waals surface area contributed by atoms with Gasteiger partial charge in [0.15, 0.2) is 0 Å². The zero-order valence-electron chi connectivity index (χ0n) is 15.6. The van der Waals surface area contributed by atoms with Gasteiger partial charge in [0.25, 0.3) is 5.91 Å². The summed E-state index contributed by atoms with van der Waals surface area (Å²) in [6.45, 7) is 3.74. The number of carbonyl (C=O) groups is 2. The van der Waals surface area contributed by atoms with Crippen LogP contribution in [0.5, 0.6) is 0 Å². The number of para-hydroxylation sites is 1. The van der Waals surface area contributed by atoms with E-state index in [1.165, 1.54) is 0 Å². The number of hydrogen-bond donors (Lipinski definition) is 2. The van der Waals surface area contributed by atoms with Gasteiger partial charge in [-0.25, -0.2) is 0 Å². The maximum Gasteiger partial charge on any atom is 0.253 e. The third kappa shape index (κ3) is 7.60. The number of amides is 2. The van der Waals surface area contributed by atoms with E-state index in [4.69, 9.17) is 9.47 Å². The molecule has 0 unspecified atom stereocenters. The monoisotopic (exact) mass is 370 g/mol. The molecule has 27 heavy (non-hydrogen) atoms. The van der Waals surface area contributed by atoms with E-state index in [1.54, 1.807) is 24.3 Å². The van der Waals surface area contributed by atoms with Crippen LogP contribution in [0.15, 0.2) is 54.6 Å². The Bertz CT molecular complexity index is 719. The second kappa shape index (κ2) is 11.8.